The Kier molecular flexibility index (Phi) is 3.87. The average Bonchev–Trinajstić information content (AvgIpc) is 2.34. The van der Waals surface area contributed by atoms with Crippen LogP contribution in [0.25, 0.3) is 0 Å². The van der Waals surface area contributed by atoms with Gasteiger partial charge in [-0.3, -0.25) is 0 Å². The summed E-state index contributed by atoms with van der Waals surface area (Å²) in [6.45, 7) is 4.04. The molecule has 18 heavy (non-hydrogen) atoms. The molecule has 0 amide bonds. The predicted octanol–water partition coefficient (Wildman–Crippen LogP) is 4.96. The van der Waals surface area contributed by atoms with Crippen molar-refractivity contribution in [3.8, 4) is 0 Å². The Morgan fingerprint density at radius 1 is 1.11 bits per heavy atom. The Hall–Kier alpha value is -1.54. The van der Waals surface area contributed by atoms with Crippen molar-refractivity contribution in [2.45, 2.75) is 19.9 Å². The van der Waals surface area contributed by atoms with E-state index in [-0.39, 0.29) is 11.9 Å². The van der Waals surface area contributed by atoms with Crippen molar-refractivity contribution in [3.63, 3.8) is 0 Å². The van der Waals surface area contributed by atoms with Gasteiger partial charge in [0.25, 0.3) is 0 Å². The van der Waals surface area contributed by atoms with E-state index in [4.69, 9.17) is 11.6 Å². The summed E-state index contributed by atoms with van der Waals surface area (Å²) >= 11 is 6.13. The molecule has 1 unspecified atom stereocenters. The van der Waals surface area contributed by atoms with Crippen LogP contribution < -0.4 is 5.32 Å². The number of anilines is 1. The van der Waals surface area contributed by atoms with Gasteiger partial charge in [0.15, 0.2) is 0 Å². The summed E-state index contributed by atoms with van der Waals surface area (Å²) < 4.78 is 12.9. The van der Waals surface area contributed by atoms with Crippen LogP contribution in [0, 0.1) is 12.7 Å². The SMILES string of the molecule is Cc1ccc(Cl)c(NC(C)c2ccc(F)cc2)c1. The van der Waals surface area contributed by atoms with Gasteiger partial charge in [0.05, 0.1) is 10.7 Å². The molecular weight excluding hydrogens is 249 g/mol. The maximum atomic E-state index is 12.9. The maximum Gasteiger partial charge on any atom is 0.123 e. The van der Waals surface area contributed by atoms with E-state index in [0.29, 0.717) is 5.02 Å². The van der Waals surface area contributed by atoms with Crippen LogP contribution >= 0.6 is 11.6 Å². The first-order valence-corrected chi connectivity index (χ1v) is 6.22. The van der Waals surface area contributed by atoms with Gasteiger partial charge in [-0.2, -0.15) is 0 Å². The molecule has 0 bridgehead atoms. The van der Waals surface area contributed by atoms with Gasteiger partial charge in [-0.1, -0.05) is 29.8 Å². The molecule has 0 radical (unpaired) electrons. The van der Waals surface area contributed by atoms with Gasteiger partial charge < -0.3 is 5.32 Å². The van der Waals surface area contributed by atoms with E-state index in [1.807, 2.05) is 32.0 Å². The second kappa shape index (κ2) is 5.40. The number of hydrogen-bond acceptors (Lipinski definition) is 1. The van der Waals surface area contributed by atoms with E-state index < -0.39 is 0 Å². The molecule has 0 fully saturated rings. The second-order valence-corrected chi connectivity index (χ2v) is 4.81. The van der Waals surface area contributed by atoms with Crippen molar-refractivity contribution in [2.24, 2.45) is 0 Å². The fraction of sp³-hybridized carbons (Fsp3) is 0.200. The zero-order valence-corrected chi connectivity index (χ0v) is 11.1. The number of aryl methyl sites for hydroxylation is 1. The van der Waals surface area contributed by atoms with Crippen LogP contribution in [0.5, 0.6) is 0 Å². The van der Waals surface area contributed by atoms with Gasteiger partial charge in [0.1, 0.15) is 5.82 Å². The lowest BCUT2D eigenvalue weighted by Crippen LogP contribution is -2.07. The monoisotopic (exact) mass is 263 g/mol. The molecule has 2 aromatic rings. The van der Waals surface area contributed by atoms with Crippen molar-refractivity contribution in [1.29, 1.82) is 0 Å². The first kappa shape index (κ1) is 12.9. The molecular formula is C15H15ClFN. The molecule has 0 aromatic heterocycles. The molecule has 94 valence electrons. The lowest BCUT2D eigenvalue weighted by molar-refractivity contribution is 0.626. The molecule has 0 saturated carbocycles. The highest BCUT2D eigenvalue weighted by Crippen LogP contribution is 2.27. The molecule has 2 aromatic carbocycles. The van der Waals surface area contributed by atoms with E-state index in [2.05, 4.69) is 5.32 Å². The van der Waals surface area contributed by atoms with Crippen LogP contribution in [0.2, 0.25) is 5.02 Å². The first-order chi connectivity index (χ1) is 8.56. The third-order valence-corrected chi connectivity index (χ3v) is 3.19. The van der Waals surface area contributed by atoms with E-state index in [0.717, 1.165) is 16.8 Å². The average molecular weight is 264 g/mol. The molecule has 1 atom stereocenters. The molecule has 0 aliphatic heterocycles. The van der Waals surface area contributed by atoms with E-state index in [9.17, 15) is 4.39 Å². The summed E-state index contributed by atoms with van der Waals surface area (Å²) in [6.07, 6.45) is 0. The predicted molar refractivity (Wildman–Crippen MR) is 74.6 cm³/mol. The summed E-state index contributed by atoms with van der Waals surface area (Å²) in [6, 6.07) is 12.4. The van der Waals surface area contributed by atoms with Crippen molar-refractivity contribution in [3.05, 3.63) is 64.4 Å². The van der Waals surface area contributed by atoms with Crippen LogP contribution in [0.1, 0.15) is 24.1 Å². The van der Waals surface area contributed by atoms with E-state index >= 15 is 0 Å². The summed E-state index contributed by atoms with van der Waals surface area (Å²) in [5, 5.41) is 4.02. The van der Waals surface area contributed by atoms with Crippen LogP contribution in [0.3, 0.4) is 0 Å². The molecule has 0 aliphatic carbocycles. The molecule has 0 heterocycles. The quantitative estimate of drug-likeness (QED) is 0.825. The van der Waals surface area contributed by atoms with Gasteiger partial charge in [-0.25, -0.2) is 4.39 Å². The summed E-state index contributed by atoms with van der Waals surface area (Å²) in [7, 11) is 0. The van der Waals surface area contributed by atoms with Gasteiger partial charge in [0.2, 0.25) is 0 Å². The summed E-state index contributed by atoms with van der Waals surface area (Å²) in [4.78, 5) is 0. The zero-order valence-electron chi connectivity index (χ0n) is 10.4. The molecule has 3 heteroatoms. The third-order valence-electron chi connectivity index (χ3n) is 2.86. The Bertz CT molecular complexity index is 537. The van der Waals surface area contributed by atoms with E-state index in [1.165, 1.54) is 12.1 Å². The van der Waals surface area contributed by atoms with Gasteiger partial charge in [-0.05, 0) is 49.2 Å². The Balaban J connectivity index is 2.18. The van der Waals surface area contributed by atoms with Crippen molar-refractivity contribution < 1.29 is 4.39 Å². The number of hydrogen-bond donors (Lipinski definition) is 1. The van der Waals surface area contributed by atoms with Crippen molar-refractivity contribution in [2.75, 3.05) is 5.32 Å². The Morgan fingerprint density at radius 3 is 2.44 bits per heavy atom. The minimum atomic E-state index is -0.223. The molecule has 0 saturated heterocycles. The molecule has 1 nitrogen and oxygen atoms in total. The van der Waals surface area contributed by atoms with Crippen LogP contribution in [0.15, 0.2) is 42.5 Å². The Morgan fingerprint density at radius 2 is 1.78 bits per heavy atom. The van der Waals surface area contributed by atoms with Crippen LogP contribution in [-0.4, -0.2) is 0 Å². The highest BCUT2D eigenvalue weighted by atomic mass is 35.5. The smallest absolute Gasteiger partial charge is 0.123 e. The molecule has 0 spiro atoms. The zero-order chi connectivity index (χ0) is 13.1. The second-order valence-electron chi connectivity index (χ2n) is 4.40. The minimum Gasteiger partial charge on any atom is -0.377 e. The van der Waals surface area contributed by atoms with Crippen molar-refractivity contribution in [1.82, 2.24) is 0 Å². The lowest BCUT2D eigenvalue weighted by Gasteiger charge is -2.17. The van der Waals surface area contributed by atoms with Crippen LogP contribution in [-0.2, 0) is 0 Å². The third kappa shape index (κ3) is 3.02. The Labute approximate surface area is 112 Å². The topological polar surface area (TPSA) is 12.0 Å². The summed E-state index contributed by atoms with van der Waals surface area (Å²) in [5.41, 5.74) is 3.07. The highest BCUT2D eigenvalue weighted by molar-refractivity contribution is 6.33. The normalized spacial score (nSPS) is 12.2. The van der Waals surface area contributed by atoms with E-state index in [1.54, 1.807) is 12.1 Å². The summed E-state index contributed by atoms with van der Waals surface area (Å²) in [5.74, 6) is -0.223. The van der Waals surface area contributed by atoms with Crippen LogP contribution in [0.4, 0.5) is 10.1 Å². The molecule has 1 N–H and O–H groups in total. The van der Waals surface area contributed by atoms with Gasteiger partial charge in [0, 0.05) is 6.04 Å². The fourth-order valence-corrected chi connectivity index (χ4v) is 1.99. The number of benzene rings is 2. The standard InChI is InChI=1S/C15H15ClFN/c1-10-3-8-14(16)15(9-10)18-11(2)12-4-6-13(17)7-5-12/h3-9,11,18H,1-2H3. The number of halogens is 2. The number of nitrogens with one attached hydrogen (secondary N) is 1. The molecule has 0 aliphatic rings. The number of rotatable bonds is 3. The van der Waals surface area contributed by atoms with Gasteiger partial charge in [-0.15, -0.1) is 0 Å². The largest absolute Gasteiger partial charge is 0.377 e. The first-order valence-electron chi connectivity index (χ1n) is 5.84. The minimum absolute atomic E-state index is 0.0740. The van der Waals surface area contributed by atoms with Crippen molar-refractivity contribution >= 4 is 17.3 Å². The van der Waals surface area contributed by atoms with Gasteiger partial charge >= 0.3 is 0 Å². The lowest BCUT2D eigenvalue weighted by atomic mass is 10.1. The highest BCUT2D eigenvalue weighted by Gasteiger charge is 2.07. The maximum absolute atomic E-state index is 12.9. The molecule has 2 rings (SSSR count). The fourth-order valence-electron chi connectivity index (χ4n) is 1.82.